The molecule has 0 saturated heterocycles. The summed E-state index contributed by atoms with van der Waals surface area (Å²) in [5.41, 5.74) is 0.577. The highest BCUT2D eigenvalue weighted by Gasteiger charge is 2.46. The number of benzene rings is 2. The van der Waals surface area contributed by atoms with Crippen molar-refractivity contribution >= 4 is 22.8 Å². The van der Waals surface area contributed by atoms with E-state index in [2.05, 4.69) is 10.3 Å². The summed E-state index contributed by atoms with van der Waals surface area (Å²) >= 11 is 0. The Morgan fingerprint density at radius 1 is 0.913 bits per heavy atom. The van der Waals surface area contributed by atoms with E-state index in [1.165, 1.54) is 6.07 Å². The number of halogens is 4. The number of anilines is 1. The molecule has 2 aromatic carbocycles. The molecule has 0 atom stereocenters. The van der Waals surface area contributed by atoms with Crippen molar-refractivity contribution in [3.63, 3.8) is 0 Å². The van der Waals surface area contributed by atoms with Crippen LogP contribution in [0.5, 0.6) is 0 Å². The predicted octanol–water partition coefficient (Wildman–Crippen LogP) is 5.13. The molecule has 3 rings (SSSR count). The maximum absolute atomic E-state index is 13.8. The molecule has 0 aromatic heterocycles. The van der Waals surface area contributed by atoms with Crippen LogP contribution in [-0.4, -0.2) is 18.1 Å². The SMILES string of the molecule is FC(F)C(F)(F)C1=Nc2ccccc2NC(c2ccccc2)=C1. The van der Waals surface area contributed by atoms with Crippen molar-refractivity contribution in [2.75, 3.05) is 5.32 Å². The van der Waals surface area contributed by atoms with Crippen molar-refractivity contribution in [3.8, 4) is 0 Å². The number of hydrogen-bond donors (Lipinski definition) is 1. The van der Waals surface area contributed by atoms with Crippen LogP contribution in [0.1, 0.15) is 5.56 Å². The molecule has 0 fully saturated rings. The molecule has 0 amide bonds. The van der Waals surface area contributed by atoms with Crippen LogP contribution in [0.4, 0.5) is 28.9 Å². The van der Waals surface area contributed by atoms with E-state index in [4.69, 9.17) is 0 Å². The van der Waals surface area contributed by atoms with E-state index in [9.17, 15) is 17.6 Å². The molecule has 0 radical (unpaired) electrons. The van der Waals surface area contributed by atoms with E-state index in [0.29, 0.717) is 11.3 Å². The molecule has 0 aliphatic carbocycles. The molecule has 0 bridgehead atoms. The summed E-state index contributed by atoms with van der Waals surface area (Å²) in [6, 6.07) is 15.1. The summed E-state index contributed by atoms with van der Waals surface area (Å²) in [5.74, 6) is -4.33. The summed E-state index contributed by atoms with van der Waals surface area (Å²) in [7, 11) is 0. The highest BCUT2D eigenvalue weighted by atomic mass is 19.3. The van der Waals surface area contributed by atoms with Crippen molar-refractivity contribution in [1.82, 2.24) is 0 Å². The van der Waals surface area contributed by atoms with Gasteiger partial charge < -0.3 is 5.32 Å². The Morgan fingerprint density at radius 3 is 2.26 bits per heavy atom. The molecule has 2 nitrogen and oxygen atoms in total. The third-order valence-corrected chi connectivity index (χ3v) is 3.40. The summed E-state index contributed by atoms with van der Waals surface area (Å²) < 4.78 is 53.2. The minimum atomic E-state index is -4.33. The number of nitrogens with zero attached hydrogens (tertiary/aromatic N) is 1. The van der Waals surface area contributed by atoms with E-state index < -0.39 is 18.1 Å². The second-order valence-electron chi connectivity index (χ2n) is 4.99. The fourth-order valence-corrected chi connectivity index (χ4v) is 2.21. The minimum Gasteiger partial charge on any atom is -0.353 e. The Morgan fingerprint density at radius 2 is 1.57 bits per heavy atom. The fourth-order valence-electron chi connectivity index (χ4n) is 2.21. The van der Waals surface area contributed by atoms with Gasteiger partial charge in [-0.3, -0.25) is 0 Å². The zero-order chi connectivity index (χ0) is 16.4. The Labute approximate surface area is 130 Å². The Balaban J connectivity index is 2.16. The number of allylic oxidation sites excluding steroid dienone is 1. The molecule has 1 aliphatic rings. The number of rotatable bonds is 3. The highest BCUT2D eigenvalue weighted by molar-refractivity contribution is 6.10. The molecule has 0 saturated carbocycles. The van der Waals surface area contributed by atoms with Gasteiger partial charge in [0.25, 0.3) is 0 Å². The lowest BCUT2D eigenvalue weighted by molar-refractivity contribution is -0.0741. The number of hydrogen-bond acceptors (Lipinski definition) is 2. The summed E-state index contributed by atoms with van der Waals surface area (Å²) in [5, 5.41) is 2.99. The highest BCUT2D eigenvalue weighted by Crippen LogP contribution is 2.35. The zero-order valence-corrected chi connectivity index (χ0v) is 11.8. The average molecular weight is 320 g/mol. The first-order valence-corrected chi connectivity index (χ1v) is 6.87. The van der Waals surface area contributed by atoms with Gasteiger partial charge in [-0.25, -0.2) is 13.8 Å². The smallest absolute Gasteiger partial charge is 0.349 e. The van der Waals surface area contributed by atoms with Gasteiger partial charge in [0.05, 0.1) is 11.4 Å². The van der Waals surface area contributed by atoms with Gasteiger partial charge in [0.1, 0.15) is 5.71 Å². The number of aliphatic imine (C=N–C) groups is 1. The molecular formula is C17H12F4N2. The van der Waals surface area contributed by atoms with Gasteiger partial charge in [-0.2, -0.15) is 8.78 Å². The summed E-state index contributed by atoms with van der Waals surface area (Å²) in [6.45, 7) is 0. The van der Waals surface area contributed by atoms with Crippen LogP contribution in [0.15, 0.2) is 65.7 Å². The maximum atomic E-state index is 13.8. The lowest BCUT2D eigenvalue weighted by atomic mass is 10.1. The quantitative estimate of drug-likeness (QED) is 0.779. The van der Waals surface area contributed by atoms with E-state index in [1.807, 2.05) is 0 Å². The second kappa shape index (κ2) is 5.87. The van der Waals surface area contributed by atoms with Gasteiger partial charge in [-0.05, 0) is 23.8 Å². The monoisotopic (exact) mass is 320 g/mol. The normalized spacial score (nSPS) is 14.5. The molecule has 118 valence electrons. The van der Waals surface area contributed by atoms with E-state index in [0.717, 1.165) is 6.08 Å². The standard InChI is InChI=1S/C17H12F4N2/c18-16(19)17(20,21)15-10-14(11-6-2-1-3-7-11)22-12-8-4-5-9-13(12)23-15/h1-10,16,22H. The van der Waals surface area contributed by atoms with Crippen LogP contribution in [0.3, 0.4) is 0 Å². The lowest BCUT2D eigenvalue weighted by Crippen LogP contribution is -2.35. The number of nitrogens with one attached hydrogen (secondary N) is 1. The van der Waals surface area contributed by atoms with Crippen LogP contribution in [0.25, 0.3) is 5.70 Å². The average Bonchev–Trinajstić information content (AvgIpc) is 2.75. The first kappa shape index (κ1) is 15.3. The van der Waals surface area contributed by atoms with Crippen molar-refractivity contribution < 1.29 is 17.6 Å². The van der Waals surface area contributed by atoms with E-state index >= 15 is 0 Å². The van der Waals surface area contributed by atoms with Crippen molar-refractivity contribution in [2.45, 2.75) is 12.3 Å². The second-order valence-corrected chi connectivity index (χ2v) is 4.99. The molecule has 0 unspecified atom stereocenters. The van der Waals surface area contributed by atoms with Crippen LogP contribution in [0.2, 0.25) is 0 Å². The van der Waals surface area contributed by atoms with Crippen LogP contribution >= 0.6 is 0 Å². The molecule has 1 aliphatic heterocycles. The van der Waals surface area contributed by atoms with Gasteiger partial charge in [0.15, 0.2) is 0 Å². The molecule has 1 N–H and O–H groups in total. The lowest BCUT2D eigenvalue weighted by Gasteiger charge is -2.15. The predicted molar refractivity (Wildman–Crippen MR) is 82.5 cm³/mol. The first-order chi connectivity index (χ1) is 11.0. The molecule has 6 heteroatoms. The maximum Gasteiger partial charge on any atom is 0.349 e. The largest absolute Gasteiger partial charge is 0.353 e. The van der Waals surface area contributed by atoms with Gasteiger partial charge in [0, 0.05) is 5.70 Å². The Kier molecular flexibility index (Phi) is 3.90. The van der Waals surface area contributed by atoms with Crippen molar-refractivity contribution in [2.24, 2.45) is 4.99 Å². The molecular weight excluding hydrogens is 308 g/mol. The summed E-state index contributed by atoms with van der Waals surface area (Å²) in [4.78, 5) is 3.76. The summed E-state index contributed by atoms with van der Waals surface area (Å²) in [6.07, 6.45) is -2.86. The zero-order valence-electron chi connectivity index (χ0n) is 11.8. The number of para-hydroxylation sites is 2. The third-order valence-electron chi connectivity index (χ3n) is 3.40. The third kappa shape index (κ3) is 2.97. The van der Waals surface area contributed by atoms with E-state index in [-0.39, 0.29) is 11.4 Å². The topological polar surface area (TPSA) is 24.4 Å². The van der Waals surface area contributed by atoms with Crippen LogP contribution < -0.4 is 5.32 Å². The van der Waals surface area contributed by atoms with Crippen molar-refractivity contribution in [3.05, 3.63) is 66.2 Å². The van der Waals surface area contributed by atoms with Gasteiger partial charge in [-0.1, -0.05) is 42.5 Å². The first-order valence-electron chi connectivity index (χ1n) is 6.87. The number of alkyl halides is 4. The van der Waals surface area contributed by atoms with E-state index in [1.54, 1.807) is 48.5 Å². The molecule has 23 heavy (non-hydrogen) atoms. The molecule has 2 aromatic rings. The number of fused-ring (bicyclic) bond motifs is 1. The van der Waals surface area contributed by atoms with Crippen LogP contribution in [0, 0.1) is 0 Å². The van der Waals surface area contributed by atoms with Gasteiger partial charge in [0.2, 0.25) is 0 Å². The van der Waals surface area contributed by atoms with Crippen molar-refractivity contribution in [1.29, 1.82) is 0 Å². The van der Waals surface area contributed by atoms with Gasteiger partial charge in [-0.15, -0.1) is 0 Å². The molecule has 1 heterocycles. The molecule has 0 spiro atoms. The Hall–Kier alpha value is -2.63. The fraction of sp³-hybridized carbons (Fsp3) is 0.118. The Bertz CT molecular complexity index is 767. The van der Waals surface area contributed by atoms with Crippen LogP contribution in [-0.2, 0) is 0 Å². The minimum absolute atomic E-state index is 0.185. The van der Waals surface area contributed by atoms with Gasteiger partial charge >= 0.3 is 12.3 Å².